The van der Waals surface area contributed by atoms with Crippen molar-refractivity contribution in [3.8, 4) is 23.0 Å². The van der Waals surface area contributed by atoms with Gasteiger partial charge in [0, 0.05) is 24.6 Å². The van der Waals surface area contributed by atoms with Crippen LogP contribution in [0.25, 0.3) is 0 Å². The molecule has 154 valence electrons. The summed E-state index contributed by atoms with van der Waals surface area (Å²) in [7, 11) is 0. The van der Waals surface area contributed by atoms with Gasteiger partial charge in [-0.2, -0.15) is 0 Å². The number of fused-ring (bicyclic) bond motifs is 1. The predicted octanol–water partition coefficient (Wildman–Crippen LogP) is 4.92. The van der Waals surface area contributed by atoms with Gasteiger partial charge in [0.15, 0.2) is 29.6 Å². The van der Waals surface area contributed by atoms with E-state index in [1.165, 1.54) is 6.42 Å². The number of anilines is 1. The van der Waals surface area contributed by atoms with E-state index in [-0.39, 0.29) is 12.5 Å². The first-order chi connectivity index (χ1) is 14.2. The second kappa shape index (κ2) is 8.64. The zero-order valence-corrected chi connectivity index (χ0v) is 16.7. The molecular formula is C23H27NO5. The van der Waals surface area contributed by atoms with Gasteiger partial charge in [-0.3, -0.25) is 4.79 Å². The van der Waals surface area contributed by atoms with Gasteiger partial charge >= 0.3 is 0 Å². The van der Waals surface area contributed by atoms with Gasteiger partial charge < -0.3 is 24.3 Å². The van der Waals surface area contributed by atoms with Crippen molar-refractivity contribution in [2.45, 2.75) is 51.2 Å². The molecule has 1 aliphatic carbocycles. The average molecular weight is 397 g/mol. The van der Waals surface area contributed by atoms with Gasteiger partial charge in [-0.1, -0.05) is 25.5 Å². The van der Waals surface area contributed by atoms with E-state index >= 15 is 0 Å². The minimum absolute atomic E-state index is 0.106. The first kappa shape index (κ1) is 19.4. The van der Waals surface area contributed by atoms with Crippen molar-refractivity contribution >= 4 is 11.6 Å². The Morgan fingerprint density at radius 1 is 1.00 bits per heavy atom. The number of carbonyl (C=O) groups excluding carboxylic acids is 1. The van der Waals surface area contributed by atoms with Crippen molar-refractivity contribution in [1.29, 1.82) is 0 Å². The highest BCUT2D eigenvalue weighted by Crippen LogP contribution is 2.46. The SMILES string of the molecule is CCCOc1ccccc1OCC(=O)Nc1ccc2c(c1)OC1(CCCCC1)O2. The average Bonchev–Trinajstić information content (AvgIpc) is 3.08. The molecule has 2 aromatic rings. The Balaban J connectivity index is 1.34. The molecule has 29 heavy (non-hydrogen) atoms. The molecule has 6 nitrogen and oxygen atoms in total. The Morgan fingerprint density at radius 2 is 1.72 bits per heavy atom. The maximum absolute atomic E-state index is 12.4. The number of hydrogen-bond acceptors (Lipinski definition) is 5. The van der Waals surface area contributed by atoms with Crippen molar-refractivity contribution in [2.24, 2.45) is 0 Å². The minimum atomic E-state index is -0.519. The van der Waals surface area contributed by atoms with Gasteiger partial charge in [0.2, 0.25) is 0 Å². The lowest BCUT2D eigenvalue weighted by atomic mass is 9.94. The van der Waals surface area contributed by atoms with Crippen LogP contribution in [0.5, 0.6) is 23.0 Å². The van der Waals surface area contributed by atoms with Crippen LogP contribution in [0.4, 0.5) is 5.69 Å². The van der Waals surface area contributed by atoms with Gasteiger partial charge in [-0.25, -0.2) is 0 Å². The smallest absolute Gasteiger partial charge is 0.262 e. The molecule has 0 saturated heterocycles. The molecule has 1 spiro atoms. The van der Waals surface area contributed by atoms with E-state index in [0.29, 0.717) is 29.5 Å². The lowest BCUT2D eigenvalue weighted by Crippen LogP contribution is -2.40. The summed E-state index contributed by atoms with van der Waals surface area (Å²) < 4.78 is 23.5. The van der Waals surface area contributed by atoms with Crippen LogP contribution in [0.15, 0.2) is 42.5 Å². The van der Waals surface area contributed by atoms with Crippen LogP contribution < -0.4 is 24.3 Å². The molecule has 4 rings (SSSR count). The Hall–Kier alpha value is -2.89. The molecule has 1 N–H and O–H groups in total. The summed E-state index contributed by atoms with van der Waals surface area (Å²) >= 11 is 0. The zero-order chi connectivity index (χ0) is 20.1. The second-order valence-electron chi connectivity index (χ2n) is 7.47. The third-order valence-electron chi connectivity index (χ3n) is 5.10. The molecular weight excluding hydrogens is 370 g/mol. The molecule has 0 unspecified atom stereocenters. The topological polar surface area (TPSA) is 66.0 Å². The molecule has 1 heterocycles. The fraction of sp³-hybridized carbons (Fsp3) is 0.435. The highest BCUT2D eigenvalue weighted by Gasteiger charge is 2.42. The van der Waals surface area contributed by atoms with Gasteiger partial charge in [-0.05, 0) is 43.5 Å². The largest absolute Gasteiger partial charge is 0.490 e. The molecule has 1 saturated carbocycles. The van der Waals surface area contributed by atoms with E-state index in [9.17, 15) is 4.79 Å². The number of nitrogens with one attached hydrogen (secondary N) is 1. The van der Waals surface area contributed by atoms with E-state index in [1.54, 1.807) is 6.07 Å². The summed E-state index contributed by atoms with van der Waals surface area (Å²) in [5.74, 6) is 1.85. The van der Waals surface area contributed by atoms with E-state index in [1.807, 2.05) is 43.3 Å². The monoisotopic (exact) mass is 397 g/mol. The van der Waals surface area contributed by atoms with Crippen molar-refractivity contribution < 1.29 is 23.7 Å². The summed E-state index contributed by atoms with van der Waals surface area (Å²) in [6.45, 7) is 2.54. The van der Waals surface area contributed by atoms with E-state index in [2.05, 4.69) is 5.32 Å². The van der Waals surface area contributed by atoms with E-state index in [4.69, 9.17) is 18.9 Å². The van der Waals surface area contributed by atoms with Gasteiger partial charge in [0.05, 0.1) is 6.61 Å². The van der Waals surface area contributed by atoms with Gasteiger partial charge in [0.25, 0.3) is 11.7 Å². The van der Waals surface area contributed by atoms with Crippen LogP contribution in [0.3, 0.4) is 0 Å². The predicted molar refractivity (Wildman–Crippen MR) is 110 cm³/mol. The molecule has 0 bridgehead atoms. The molecule has 0 aromatic heterocycles. The number of rotatable bonds is 7. The molecule has 2 aromatic carbocycles. The van der Waals surface area contributed by atoms with Crippen molar-refractivity contribution in [1.82, 2.24) is 0 Å². The Bertz CT molecular complexity index is 860. The van der Waals surface area contributed by atoms with E-state index in [0.717, 1.165) is 37.9 Å². The highest BCUT2D eigenvalue weighted by atomic mass is 16.7. The van der Waals surface area contributed by atoms with Crippen LogP contribution in [0, 0.1) is 0 Å². The molecule has 0 radical (unpaired) electrons. The van der Waals surface area contributed by atoms with Crippen molar-refractivity contribution in [2.75, 3.05) is 18.5 Å². The van der Waals surface area contributed by atoms with Crippen molar-refractivity contribution in [3.63, 3.8) is 0 Å². The summed E-state index contributed by atoms with van der Waals surface area (Å²) in [6.07, 6.45) is 6.14. The second-order valence-corrected chi connectivity index (χ2v) is 7.47. The zero-order valence-electron chi connectivity index (χ0n) is 16.7. The van der Waals surface area contributed by atoms with Gasteiger partial charge in [-0.15, -0.1) is 0 Å². The lowest BCUT2D eigenvalue weighted by molar-refractivity contribution is -0.118. The summed E-state index contributed by atoms with van der Waals surface area (Å²) in [5, 5.41) is 2.86. The Labute approximate surface area is 171 Å². The molecule has 1 fully saturated rings. The first-order valence-corrected chi connectivity index (χ1v) is 10.3. The molecule has 0 atom stereocenters. The fourth-order valence-corrected chi connectivity index (χ4v) is 3.71. The van der Waals surface area contributed by atoms with Crippen molar-refractivity contribution in [3.05, 3.63) is 42.5 Å². The van der Waals surface area contributed by atoms with Crippen LogP contribution >= 0.6 is 0 Å². The number of carbonyl (C=O) groups is 1. The van der Waals surface area contributed by atoms with Crippen LogP contribution in [0.1, 0.15) is 45.4 Å². The maximum Gasteiger partial charge on any atom is 0.262 e. The molecule has 6 heteroatoms. The summed E-state index contributed by atoms with van der Waals surface area (Å²) in [6, 6.07) is 12.8. The Kier molecular flexibility index (Phi) is 5.79. The maximum atomic E-state index is 12.4. The normalized spacial score (nSPS) is 16.4. The third kappa shape index (κ3) is 4.58. The minimum Gasteiger partial charge on any atom is -0.490 e. The van der Waals surface area contributed by atoms with Crippen LogP contribution in [0.2, 0.25) is 0 Å². The number of hydrogen-bond donors (Lipinski definition) is 1. The van der Waals surface area contributed by atoms with Crippen LogP contribution in [-0.2, 0) is 4.79 Å². The third-order valence-corrected chi connectivity index (χ3v) is 5.10. The fourth-order valence-electron chi connectivity index (χ4n) is 3.71. The Morgan fingerprint density at radius 3 is 2.48 bits per heavy atom. The number of para-hydroxylation sites is 2. The lowest BCUT2D eigenvalue weighted by Gasteiger charge is -2.31. The molecule has 2 aliphatic rings. The quantitative estimate of drug-likeness (QED) is 0.718. The molecule has 1 aliphatic heterocycles. The van der Waals surface area contributed by atoms with Gasteiger partial charge in [0.1, 0.15) is 0 Å². The first-order valence-electron chi connectivity index (χ1n) is 10.3. The molecule has 1 amide bonds. The van der Waals surface area contributed by atoms with E-state index < -0.39 is 5.79 Å². The standard InChI is InChI=1S/C23H27NO5/c1-2-14-26-18-8-4-5-9-19(18)27-16-22(25)24-17-10-11-20-21(15-17)29-23(28-20)12-6-3-7-13-23/h4-5,8-11,15H,2-3,6-7,12-14,16H2,1H3,(H,24,25). The highest BCUT2D eigenvalue weighted by molar-refractivity contribution is 5.92. The number of ether oxygens (including phenoxy) is 4. The summed E-state index contributed by atoms with van der Waals surface area (Å²) in [4.78, 5) is 12.4. The summed E-state index contributed by atoms with van der Waals surface area (Å²) in [5.41, 5.74) is 0.657. The number of amides is 1. The number of benzene rings is 2. The van der Waals surface area contributed by atoms with Crippen LogP contribution in [-0.4, -0.2) is 24.9 Å².